The molecule has 1 amide bonds. The standard InChI is InChI=1S/C19H14N8OS/c1-2-3-5-13-6-4-7-14(23-13)15-11-29-19(24-15)25-18(28)16-10-22-26-27(16)17-8-9-20-12-21-17/h4,6-12H,2H2,1H3,(H,24,25,28). The van der Waals surface area contributed by atoms with Gasteiger partial charge in [-0.05, 0) is 18.1 Å². The number of aromatic nitrogens is 7. The highest BCUT2D eigenvalue weighted by Crippen LogP contribution is 2.24. The van der Waals surface area contributed by atoms with Gasteiger partial charge in [-0.2, -0.15) is 4.68 Å². The Kier molecular flexibility index (Phi) is 5.31. The third kappa shape index (κ3) is 4.15. The molecule has 4 aromatic heterocycles. The third-order valence-electron chi connectivity index (χ3n) is 3.69. The number of rotatable bonds is 4. The van der Waals surface area contributed by atoms with Crippen LogP contribution >= 0.6 is 11.3 Å². The summed E-state index contributed by atoms with van der Waals surface area (Å²) in [4.78, 5) is 29.6. The number of nitrogens with one attached hydrogen (secondary N) is 1. The molecule has 9 nitrogen and oxygen atoms in total. The van der Waals surface area contributed by atoms with E-state index in [1.807, 2.05) is 30.5 Å². The Morgan fingerprint density at radius 3 is 3.00 bits per heavy atom. The number of carbonyl (C=O) groups is 1. The maximum Gasteiger partial charge on any atom is 0.277 e. The van der Waals surface area contributed by atoms with Gasteiger partial charge in [0.25, 0.3) is 5.91 Å². The van der Waals surface area contributed by atoms with Gasteiger partial charge in [0.2, 0.25) is 0 Å². The third-order valence-corrected chi connectivity index (χ3v) is 4.45. The summed E-state index contributed by atoms with van der Waals surface area (Å²) in [5.41, 5.74) is 2.27. The van der Waals surface area contributed by atoms with E-state index >= 15 is 0 Å². The first kappa shape index (κ1) is 18.4. The van der Waals surface area contributed by atoms with E-state index in [2.05, 4.69) is 47.4 Å². The Bertz CT molecular complexity index is 1210. The maximum atomic E-state index is 12.7. The molecule has 0 aliphatic carbocycles. The molecule has 4 rings (SSSR count). The van der Waals surface area contributed by atoms with Crippen LogP contribution in [-0.4, -0.2) is 40.8 Å². The van der Waals surface area contributed by atoms with Crippen molar-refractivity contribution in [3.05, 3.63) is 59.8 Å². The van der Waals surface area contributed by atoms with Crippen molar-refractivity contribution in [3.8, 4) is 29.0 Å². The lowest BCUT2D eigenvalue weighted by molar-refractivity contribution is 0.101. The minimum Gasteiger partial charge on any atom is -0.296 e. The minimum atomic E-state index is -0.398. The molecule has 0 radical (unpaired) electrons. The summed E-state index contributed by atoms with van der Waals surface area (Å²) in [5, 5.41) is 12.7. The zero-order valence-corrected chi connectivity index (χ0v) is 16.1. The van der Waals surface area contributed by atoms with Crippen LogP contribution in [0.3, 0.4) is 0 Å². The summed E-state index contributed by atoms with van der Waals surface area (Å²) >= 11 is 1.30. The number of anilines is 1. The fourth-order valence-electron chi connectivity index (χ4n) is 2.40. The molecule has 1 N–H and O–H groups in total. The van der Waals surface area contributed by atoms with Crippen molar-refractivity contribution in [1.82, 2.24) is 34.9 Å². The largest absolute Gasteiger partial charge is 0.296 e. The Labute approximate surface area is 169 Å². The monoisotopic (exact) mass is 402 g/mol. The zero-order chi connectivity index (χ0) is 20.1. The Balaban J connectivity index is 1.53. The van der Waals surface area contributed by atoms with Crippen molar-refractivity contribution in [1.29, 1.82) is 0 Å². The van der Waals surface area contributed by atoms with Crippen LogP contribution in [0.5, 0.6) is 0 Å². The number of hydrogen-bond donors (Lipinski definition) is 1. The molecule has 0 spiro atoms. The Hall–Kier alpha value is -3.97. The van der Waals surface area contributed by atoms with Crippen molar-refractivity contribution >= 4 is 22.4 Å². The van der Waals surface area contributed by atoms with Crippen LogP contribution in [0.2, 0.25) is 0 Å². The fraction of sp³-hybridized carbons (Fsp3) is 0.105. The van der Waals surface area contributed by atoms with Crippen LogP contribution in [0.15, 0.2) is 48.4 Å². The molecule has 0 saturated heterocycles. The van der Waals surface area contributed by atoms with Gasteiger partial charge >= 0.3 is 0 Å². The van der Waals surface area contributed by atoms with Gasteiger partial charge in [0.1, 0.15) is 17.7 Å². The molecule has 29 heavy (non-hydrogen) atoms. The van der Waals surface area contributed by atoms with Crippen molar-refractivity contribution in [3.63, 3.8) is 0 Å². The molecule has 0 bridgehead atoms. The lowest BCUT2D eigenvalue weighted by Gasteiger charge is -2.04. The first-order chi connectivity index (χ1) is 14.2. The van der Waals surface area contributed by atoms with E-state index in [0.717, 1.165) is 6.42 Å². The average Bonchev–Trinajstić information content (AvgIpc) is 3.43. The highest BCUT2D eigenvalue weighted by Gasteiger charge is 2.17. The average molecular weight is 402 g/mol. The number of nitrogens with zero attached hydrogens (tertiary/aromatic N) is 7. The molecule has 0 unspecified atom stereocenters. The molecule has 4 aromatic rings. The van der Waals surface area contributed by atoms with E-state index < -0.39 is 5.91 Å². The highest BCUT2D eigenvalue weighted by molar-refractivity contribution is 7.14. The summed E-state index contributed by atoms with van der Waals surface area (Å²) in [5.74, 6) is 6.04. The number of carbonyl (C=O) groups excluding carboxylic acids is 1. The second-order valence-corrected chi connectivity index (χ2v) is 6.51. The normalized spacial score (nSPS) is 10.2. The van der Waals surface area contributed by atoms with E-state index in [1.165, 1.54) is 28.5 Å². The molecular weight excluding hydrogens is 388 g/mol. The molecular formula is C19H14N8OS. The van der Waals surface area contributed by atoms with Crippen molar-refractivity contribution in [2.24, 2.45) is 0 Å². The summed E-state index contributed by atoms with van der Waals surface area (Å²) in [6.07, 6.45) is 5.06. The predicted octanol–water partition coefficient (Wildman–Crippen LogP) is 2.59. The molecule has 0 atom stereocenters. The van der Waals surface area contributed by atoms with Crippen LogP contribution in [0.4, 0.5) is 5.13 Å². The van der Waals surface area contributed by atoms with Gasteiger partial charge < -0.3 is 0 Å². The maximum absolute atomic E-state index is 12.7. The van der Waals surface area contributed by atoms with Gasteiger partial charge in [-0.15, -0.1) is 16.4 Å². The van der Waals surface area contributed by atoms with Crippen LogP contribution in [0.1, 0.15) is 29.5 Å². The van der Waals surface area contributed by atoms with E-state index in [9.17, 15) is 4.79 Å². The van der Waals surface area contributed by atoms with E-state index in [4.69, 9.17) is 0 Å². The number of thiazole rings is 1. The fourth-order valence-corrected chi connectivity index (χ4v) is 3.10. The summed E-state index contributed by atoms with van der Waals surface area (Å²) in [6, 6.07) is 7.22. The lowest BCUT2D eigenvalue weighted by Crippen LogP contribution is -2.17. The smallest absolute Gasteiger partial charge is 0.277 e. The topological polar surface area (TPSA) is 111 Å². The summed E-state index contributed by atoms with van der Waals surface area (Å²) in [7, 11) is 0. The first-order valence-corrected chi connectivity index (χ1v) is 9.53. The molecule has 142 valence electrons. The lowest BCUT2D eigenvalue weighted by atomic mass is 10.2. The van der Waals surface area contributed by atoms with Crippen LogP contribution in [0.25, 0.3) is 17.2 Å². The molecule has 4 heterocycles. The first-order valence-electron chi connectivity index (χ1n) is 8.65. The second kappa shape index (κ2) is 8.37. The highest BCUT2D eigenvalue weighted by atomic mass is 32.1. The van der Waals surface area contributed by atoms with Gasteiger partial charge in [-0.25, -0.2) is 19.9 Å². The van der Waals surface area contributed by atoms with Gasteiger partial charge in [0.15, 0.2) is 16.6 Å². The van der Waals surface area contributed by atoms with Gasteiger partial charge in [0.05, 0.1) is 11.9 Å². The molecule has 0 aromatic carbocycles. The van der Waals surface area contributed by atoms with Gasteiger partial charge in [-0.3, -0.25) is 10.1 Å². The van der Waals surface area contributed by atoms with Crippen LogP contribution in [0, 0.1) is 11.8 Å². The summed E-state index contributed by atoms with van der Waals surface area (Å²) < 4.78 is 1.34. The number of hydrogen-bond acceptors (Lipinski definition) is 8. The van der Waals surface area contributed by atoms with Crippen LogP contribution < -0.4 is 5.32 Å². The molecule has 0 aliphatic rings. The summed E-state index contributed by atoms with van der Waals surface area (Å²) in [6.45, 7) is 1.98. The minimum absolute atomic E-state index is 0.232. The molecule has 0 fully saturated rings. The molecule has 10 heteroatoms. The van der Waals surface area contributed by atoms with Crippen molar-refractivity contribution in [2.75, 3.05) is 5.32 Å². The molecule has 0 aliphatic heterocycles. The van der Waals surface area contributed by atoms with Gasteiger partial charge in [0, 0.05) is 24.1 Å². The van der Waals surface area contributed by atoms with Crippen molar-refractivity contribution in [2.45, 2.75) is 13.3 Å². The van der Waals surface area contributed by atoms with Crippen molar-refractivity contribution < 1.29 is 4.79 Å². The second-order valence-electron chi connectivity index (χ2n) is 5.65. The molecule has 0 saturated carbocycles. The predicted molar refractivity (Wildman–Crippen MR) is 107 cm³/mol. The van der Waals surface area contributed by atoms with E-state index in [0.29, 0.717) is 28.0 Å². The Morgan fingerprint density at radius 2 is 2.17 bits per heavy atom. The quantitative estimate of drug-likeness (QED) is 0.522. The van der Waals surface area contributed by atoms with E-state index in [-0.39, 0.29) is 5.69 Å². The zero-order valence-electron chi connectivity index (χ0n) is 15.3. The SMILES string of the molecule is CCC#Cc1cccc(-c2csc(NC(=O)c3cnnn3-c3ccncn3)n2)n1. The van der Waals surface area contributed by atoms with Gasteiger partial charge in [-0.1, -0.05) is 24.1 Å². The number of amides is 1. The van der Waals surface area contributed by atoms with E-state index in [1.54, 1.807) is 12.3 Å². The number of pyridine rings is 1. The van der Waals surface area contributed by atoms with Crippen LogP contribution in [-0.2, 0) is 0 Å². The Morgan fingerprint density at radius 1 is 1.24 bits per heavy atom.